The SMILES string of the molecule is Nc1c(N=Nc2ccc(S(=O)(=O)CCOSOOO)cc2)cc(S(=O)(=O)O)c(N)c1N=Nc1cc(Nc2nc(Cl)nc(Nc3ccc(S(=O)(=O)CCOSOOO)cc3)n2)ccc1SOOO. The fourth-order valence-electron chi connectivity index (χ4n) is 4.92. The van der Waals surface area contributed by atoms with Gasteiger partial charge in [0.2, 0.25) is 17.2 Å². The van der Waals surface area contributed by atoms with Gasteiger partial charge in [0, 0.05) is 11.4 Å². The number of aromatic nitrogens is 3. The summed E-state index contributed by atoms with van der Waals surface area (Å²) in [4.78, 5) is 11.5. The van der Waals surface area contributed by atoms with E-state index in [0.717, 1.165) is 6.07 Å². The van der Waals surface area contributed by atoms with Crippen molar-refractivity contribution in [3.63, 3.8) is 0 Å². The summed E-state index contributed by atoms with van der Waals surface area (Å²) in [5, 5.41) is 57.0. The monoisotopic (exact) mass is 1070 g/mol. The van der Waals surface area contributed by atoms with E-state index in [2.05, 4.69) is 74.2 Å². The smallest absolute Gasteiger partial charge is 0.296 e. The Morgan fingerprint density at radius 3 is 1.70 bits per heavy atom. The number of nitrogens with zero attached hydrogens (tertiary/aromatic N) is 7. The summed E-state index contributed by atoms with van der Waals surface area (Å²) in [6.07, 6.45) is 0. The van der Waals surface area contributed by atoms with Crippen molar-refractivity contribution in [2.24, 2.45) is 20.5 Å². The molecular weight excluding hydrogens is 1040 g/mol. The highest BCUT2D eigenvalue weighted by molar-refractivity contribution is 7.94. The number of nitrogens with one attached hydrogen (secondary N) is 2. The van der Waals surface area contributed by atoms with Gasteiger partial charge < -0.3 is 22.1 Å². The molecule has 0 aliphatic carbocycles. The third kappa shape index (κ3) is 15.8. The van der Waals surface area contributed by atoms with Gasteiger partial charge in [-0.3, -0.25) is 12.9 Å². The molecule has 0 fully saturated rings. The minimum atomic E-state index is -5.04. The molecule has 0 bridgehead atoms. The van der Waals surface area contributed by atoms with Gasteiger partial charge in [-0.2, -0.15) is 28.5 Å². The molecular formula is C31H30ClN11O18S6. The van der Waals surface area contributed by atoms with E-state index in [1.165, 1.54) is 66.7 Å². The van der Waals surface area contributed by atoms with E-state index in [9.17, 15) is 29.8 Å². The summed E-state index contributed by atoms with van der Waals surface area (Å²) in [5.41, 5.74) is 11.1. The second kappa shape index (κ2) is 24.9. The predicted molar refractivity (Wildman–Crippen MR) is 236 cm³/mol. The lowest BCUT2D eigenvalue weighted by molar-refractivity contribution is -0.434. The van der Waals surface area contributed by atoms with Crippen molar-refractivity contribution in [2.75, 3.05) is 46.8 Å². The van der Waals surface area contributed by atoms with Crippen LogP contribution in [0.2, 0.25) is 5.28 Å². The zero-order valence-electron chi connectivity index (χ0n) is 32.9. The Balaban J connectivity index is 1.38. The summed E-state index contributed by atoms with van der Waals surface area (Å²) in [6, 6.07) is 15.6. The Labute approximate surface area is 395 Å². The number of nitrogen functional groups attached to an aromatic ring is 2. The van der Waals surface area contributed by atoms with Crippen LogP contribution in [0.5, 0.6) is 0 Å². The third-order valence-electron chi connectivity index (χ3n) is 7.85. The molecule has 10 N–H and O–H groups in total. The molecule has 0 spiro atoms. The maximum Gasteiger partial charge on any atom is 0.296 e. The summed E-state index contributed by atoms with van der Waals surface area (Å²) in [5.74, 6) is -1.07. The van der Waals surface area contributed by atoms with Crippen molar-refractivity contribution in [3.8, 4) is 0 Å². The zero-order chi connectivity index (χ0) is 48.6. The van der Waals surface area contributed by atoms with Crippen LogP contribution in [-0.4, -0.2) is 85.2 Å². The highest BCUT2D eigenvalue weighted by atomic mass is 35.5. The van der Waals surface area contributed by atoms with Gasteiger partial charge in [0.1, 0.15) is 22.0 Å². The van der Waals surface area contributed by atoms with Crippen LogP contribution in [0.15, 0.2) is 113 Å². The first-order valence-electron chi connectivity index (χ1n) is 17.4. The second-order valence-corrected chi connectivity index (χ2v) is 19.8. The van der Waals surface area contributed by atoms with Crippen LogP contribution < -0.4 is 22.1 Å². The first-order valence-corrected chi connectivity index (χ1v) is 24.6. The summed E-state index contributed by atoms with van der Waals surface area (Å²) in [7, 11) is -12.7. The van der Waals surface area contributed by atoms with E-state index < -0.39 is 57.6 Å². The average Bonchev–Trinajstić information content (AvgIpc) is 3.28. The lowest BCUT2D eigenvalue weighted by atomic mass is 10.2. The molecule has 4 aromatic carbocycles. The molecule has 0 saturated carbocycles. The Kier molecular flexibility index (Phi) is 19.6. The molecule has 1 heterocycles. The molecule has 0 atom stereocenters. The van der Waals surface area contributed by atoms with E-state index in [0.29, 0.717) is 17.7 Å². The van der Waals surface area contributed by atoms with Gasteiger partial charge in [0.05, 0.1) is 68.5 Å². The molecule has 29 nitrogen and oxygen atoms in total. The molecule has 0 saturated heterocycles. The number of nitrogens with two attached hydrogens (primary N) is 2. The number of sulfone groups is 2. The number of azo groups is 2. The molecule has 360 valence electrons. The Bertz CT molecular complexity index is 2890. The number of hydrogen-bond donors (Lipinski definition) is 8. The molecule has 0 radical (unpaired) electrons. The number of halogens is 1. The van der Waals surface area contributed by atoms with Crippen LogP contribution in [-0.2, 0) is 66.3 Å². The maximum absolute atomic E-state index is 12.6. The lowest BCUT2D eigenvalue weighted by Crippen LogP contribution is -2.11. The van der Waals surface area contributed by atoms with Crippen LogP contribution in [0.3, 0.4) is 0 Å². The van der Waals surface area contributed by atoms with Crippen LogP contribution in [0.4, 0.5) is 57.4 Å². The Morgan fingerprint density at radius 2 is 1.15 bits per heavy atom. The average molecular weight is 1070 g/mol. The van der Waals surface area contributed by atoms with Crippen molar-refractivity contribution in [1.29, 1.82) is 0 Å². The number of rotatable bonds is 26. The first-order chi connectivity index (χ1) is 31.9. The van der Waals surface area contributed by atoms with Crippen molar-refractivity contribution < 1.29 is 82.1 Å². The number of hydrogen-bond acceptors (Lipinski definition) is 31. The predicted octanol–water partition coefficient (Wildman–Crippen LogP) is 7.23. The number of anilines is 6. The second-order valence-electron chi connectivity index (χ2n) is 12.1. The highest BCUT2D eigenvalue weighted by Crippen LogP contribution is 2.44. The van der Waals surface area contributed by atoms with Crippen molar-refractivity contribution in [3.05, 3.63) is 78.1 Å². The van der Waals surface area contributed by atoms with E-state index in [-0.39, 0.29) is 98.2 Å². The van der Waals surface area contributed by atoms with E-state index in [1.54, 1.807) is 0 Å². The van der Waals surface area contributed by atoms with Gasteiger partial charge in [-0.25, -0.2) is 32.6 Å². The Hall–Kier alpha value is -5.00. The largest absolute Gasteiger partial charge is 0.396 e. The van der Waals surface area contributed by atoms with E-state index in [4.69, 9.17) is 47.2 Å². The minimum Gasteiger partial charge on any atom is -0.396 e. The first kappa shape index (κ1) is 53.0. The fraction of sp³-hybridized carbons (Fsp3) is 0.129. The van der Waals surface area contributed by atoms with Crippen LogP contribution >= 0.6 is 48.3 Å². The normalized spacial score (nSPS) is 12.3. The van der Waals surface area contributed by atoms with E-state index in [1.807, 2.05) is 0 Å². The van der Waals surface area contributed by atoms with Crippen molar-refractivity contribution >= 4 is 135 Å². The van der Waals surface area contributed by atoms with Crippen LogP contribution in [0, 0.1) is 0 Å². The summed E-state index contributed by atoms with van der Waals surface area (Å²) < 4.78 is 107. The van der Waals surface area contributed by atoms with Gasteiger partial charge in [-0.1, -0.05) is 15.1 Å². The van der Waals surface area contributed by atoms with Crippen LogP contribution in [0.25, 0.3) is 0 Å². The standard InChI is InChI=1S/C31H30ClN11O18S6/c32-29-37-30(35-17-1-6-20(7-2-17)65(47,48)13-11-54-63-60-57-45)39-31(38-29)36-19-5-10-24(62-59-56-44)22(15-19)41-43-28-26(33)23(16-25(27(28)34)67(51,52)53)42-40-18-3-8-21(9-4-18)66(49,50)14-12-55-64-61-58-46/h1-10,15-16,44-46H,11-14,33-34H2,(H,51,52,53)(H2,35,36,37,38,39). The van der Waals surface area contributed by atoms with Crippen molar-refractivity contribution in [1.82, 2.24) is 15.0 Å². The van der Waals surface area contributed by atoms with E-state index >= 15 is 0 Å². The summed E-state index contributed by atoms with van der Waals surface area (Å²) in [6.45, 7) is -0.610. The highest BCUT2D eigenvalue weighted by Gasteiger charge is 2.23. The molecule has 5 aromatic rings. The van der Waals surface area contributed by atoms with Gasteiger partial charge in [-0.05, 0) is 84.4 Å². The minimum absolute atomic E-state index is 0.0325. The molecule has 0 aliphatic heterocycles. The molecule has 1 aromatic heterocycles. The molecule has 67 heavy (non-hydrogen) atoms. The van der Waals surface area contributed by atoms with Gasteiger partial charge in [0.25, 0.3) is 10.1 Å². The zero-order valence-corrected chi connectivity index (χ0v) is 38.5. The lowest BCUT2D eigenvalue weighted by Gasteiger charge is -2.12. The molecule has 0 aliphatic rings. The van der Waals surface area contributed by atoms with Crippen molar-refractivity contribution in [2.45, 2.75) is 19.6 Å². The topological polar surface area (TPSA) is 421 Å². The number of benzene rings is 4. The maximum atomic E-state index is 12.6. The molecule has 0 amide bonds. The molecule has 36 heteroatoms. The fourth-order valence-corrected chi connectivity index (χ4v) is 8.95. The third-order valence-corrected chi connectivity index (χ3v) is 13.7. The Morgan fingerprint density at radius 1 is 0.627 bits per heavy atom. The molecule has 0 unspecified atom stereocenters. The molecule has 5 rings (SSSR count). The summed E-state index contributed by atoms with van der Waals surface area (Å²) >= 11 is 7.09. The quantitative estimate of drug-likeness (QED) is 0.00514. The van der Waals surface area contributed by atoms with Crippen LogP contribution in [0.1, 0.15) is 0 Å². The van der Waals surface area contributed by atoms with Gasteiger partial charge >= 0.3 is 0 Å². The van der Waals surface area contributed by atoms with Gasteiger partial charge in [-0.15, -0.1) is 28.3 Å². The van der Waals surface area contributed by atoms with Gasteiger partial charge in [0.15, 0.2) is 44.3 Å².